The highest BCUT2D eigenvalue weighted by Crippen LogP contribution is 2.29. The predicted molar refractivity (Wildman–Crippen MR) is 108 cm³/mol. The van der Waals surface area contributed by atoms with Gasteiger partial charge in [-0.2, -0.15) is 4.68 Å². The van der Waals surface area contributed by atoms with E-state index in [0.29, 0.717) is 5.69 Å². The number of carbonyl (C=O) groups is 1. The molecular weight excluding hydrogens is 408 g/mol. The van der Waals surface area contributed by atoms with Gasteiger partial charge in [0.25, 0.3) is 0 Å². The molecule has 0 radical (unpaired) electrons. The van der Waals surface area contributed by atoms with Crippen LogP contribution >= 0.6 is 0 Å². The van der Waals surface area contributed by atoms with Crippen LogP contribution in [-0.2, 0) is 0 Å². The number of para-hydroxylation sites is 1. The number of nitrogens with two attached hydrogens (primary N) is 1. The molecule has 1 amide bonds. The van der Waals surface area contributed by atoms with Crippen LogP contribution < -0.4 is 15.4 Å². The van der Waals surface area contributed by atoms with Crippen LogP contribution in [0.5, 0.6) is 5.75 Å². The van der Waals surface area contributed by atoms with E-state index in [1.165, 1.54) is 29.3 Å². The van der Waals surface area contributed by atoms with Gasteiger partial charge in [-0.15, -0.1) is 5.10 Å². The molecule has 4 rings (SSSR count). The van der Waals surface area contributed by atoms with Crippen LogP contribution in [0.1, 0.15) is 0 Å². The van der Waals surface area contributed by atoms with Crippen molar-refractivity contribution in [2.45, 2.75) is 0 Å². The number of rotatable bonds is 4. The van der Waals surface area contributed by atoms with Crippen molar-refractivity contribution in [1.29, 1.82) is 0 Å². The van der Waals surface area contributed by atoms with E-state index in [9.17, 15) is 13.6 Å². The van der Waals surface area contributed by atoms with Gasteiger partial charge in [0.15, 0.2) is 23.2 Å². The van der Waals surface area contributed by atoms with Gasteiger partial charge in [0.2, 0.25) is 0 Å². The Hall–Kier alpha value is -4.41. The van der Waals surface area contributed by atoms with Crippen molar-refractivity contribution in [3.63, 3.8) is 0 Å². The van der Waals surface area contributed by atoms with Gasteiger partial charge in [0, 0.05) is 12.7 Å². The second-order valence-corrected chi connectivity index (χ2v) is 6.35. The van der Waals surface area contributed by atoms with Crippen molar-refractivity contribution in [2.75, 3.05) is 17.7 Å². The number of nitrogens with zero attached hydrogens (tertiary/aromatic N) is 6. The number of ether oxygens (including phenoxy) is 1. The van der Waals surface area contributed by atoms with Crippen LogP contribution in [0.2, 0.25) is 0 Å². The van der Waals surface area contributed by atoms with Gasteiger partial charge in [-0.1, -0.05) is 24.3 Å². The summed E-state index contributed by atoms with van der Waals surface area (Å²) in [7, 11) is 1.55. The molecule has 31 heavy (non-hydrogen) atoms. The lowest BCUT2D eigenvalue weighted by Crippen LogP contribution is -2.29. The van der Waals surface area contributed by atoms with Crippen LogP contribution in [-0.4, -0.2) is 38.3 Å². The van der Waals surface area contributed by atoms with Gasteiger partial charge in [0.1, 0.15) is 11.5 Å². The van der Waals surface area contributed by atoms with E-state index in [2.05, 4.69) is 20.5 Å². The predicted octanol–water partition coefficient (Wildman–Crippen LogP) is 3.22. The molecule has 156 valence electrons. The summed E-state index contributed by atoms with van der Waals surface area (Å²) >= 11 is 0. The summed E-state index contributed by atoms with van der Waals surface area (Å²) in [6.45, 7) is 0. The highest BCUT2D eigenvalue weighted by atomic mass is 19.2. The van der Waals surface area contributed by atoms with E-state index < -0.39 is 17.7 Å². The fourth-order valence-corrected chi connectivity index (χ4v) is 2.79. The molecule has 9 nitrogen and oxygen atoms in total. The van der Waals surface area contributed by atoms with E-state index in [1.807, 2.05) is 6.07 Å². The number of amides is 1. The zero-order valence-electron chi connectivity index (χ0n) is 16.1. The molecule has 0 fully saturated rings. The first kappa shape index (κ1) is 19.9. The first-order chi connectivity index (χ1) is 15.0. The molecule has 2 N–H and O–H groups in total. The maximum Gasteiger partial charge on any atom is 0.419 e. The zero-order valence-corrected chi connectivity index (χ0v) is 16.1. The summed E-state index contributed by atoms with van der Waals surface area (Å²) in [6.07, 6.45) is 0.589. The Kier molecular flexibility index (Phi) is 5.22. The van der Waals surface area contributed by atoms with Crippen molar-refractivity contribution in [2.24, 2.45) is 0 Å². The van der Waals surface area contributed by atoms with Crippen LogP contribution in [0, 0.1) is 11.6 Å². The lowest BCUT2D eigenvalue weighted by atomic mass is 10.2. The van der Waals surface area contributed by atoms with Crippen molar-refractivity contribution in [1.82, 2.24) is 25.2 Å². The van der Waals surface area contributed by atoms with E-state index in [0.717, 1.165) is 10.7 Å². The zero-order chi connectivity index (χ0) is 22.0. The second kappa shape index (κ2) is 8.14. The topological polar surface area (TPSA) is 112 Å². The molecular formula is C20H15F2N7O2. The van der Waals surface area contributed by atoms with E-state index in [-0.39, 0.29) is 28.6 Å². The summed E-state index contributed by atoms with van der Waals surface area (Å²) in [4.78, 5) is 17.8. The summed E-state index contributed by atoms with van der Waals surface area (Å²) in [5.41, 5.74) is 6.52. The average Bonchev–Trinajstić information content (AvgIpc) is 3.26. The Morgan fingerprint density at radius 1 is 1.13 bits per heavy atom. The molecule has 11 heteroatoms. The number of benzene rings is 2. The van der Waals surface area contributed by atoms with Crippen molar-refractivity contribution >= 4 is 17.6 Å². The van der Waals surface area contributed by atoms with Gasteiger partial charge < -0.3 is 10.5 Å². The van der Waals surface area contributed by atoms with Crippen molar-refractivity contribution in [3.05, 3.63) is 72.4 Å². The van der Waals surface area contributed by atoms with Gasteiger partial charge in [0.05, 0.1) is 11.8 Å². The van der Waals surface area contributed by atoms with Crippen molar-refractivity contribution in [3.8, 4) is 22.8 Å². The number of tetrazole rings is 1. The molecule has 0 bridgehead atoms. The molecule has 2 aromatic carbocycles. The quantitative estimate of drug-likeness (QED) is 0.536. The number of aromatic nitrogens is 5. The largest absolute Gasteiger partial charge is 0.419 e. The Labute approximate surface area is 174 Å². The van der Waals surface area contributed by atoms with E-state index in [4.69, 9.17) is 10.5 Å². The number of halogens is 2. The normalized spacial score (nSPS) is 10.7. The molecule has 0 saturated heterocycles. The van der Waals surface area contributed by atoms with Gasteiger partial charge in [-0.25, -0.2) is 18.6 Å². The first-order valence-electron chi connectivity index (χ1n) is 8.95. The fraction of sp³-hybridized carbons (Fsp3) is 0.0500. The number of hydrogen-bond acceptors (Lipinski definition) is 7. The Balaban J connectivity index is 1.66. The highest BCUT2D eigenvalue weighted by Gasteiger charge is 2.20. The number of carbonyl (C=O) groups excluding carboxylic acids is 1. The number of pyridine rings is 1. The molecule has 0 unspecified atom stereocenters. The third-order valence-electron chi connectivity index (χ3n) is 4.39. The molecule has 0 aliphatic rings. The van der Waals surface area contributed by atoms with Crippen LogP contribution in [0.3, 0.4) is 0 Å². The summed E-state index contributed by atoms with van der Waals surface area (Å²) in [5.74, 6) is -2.13. The molecule has 0 aliphatic carbocycles. The number of nitrogen functional groups attached to an aromatic ring is 1. The van der Waals surface area contributed by atoms with E-state index >= 15 is 0 Å². The lowest BCUT2D eigenvalue weighted by Gasteiger charge is -2.17. The minimum atomic E-state index is -1.13. The Bertz CT molecular complexity index is 1250. The monoisotopic (exact) mass is 423 g/mol. The summed E-state index contributed by atoms with van der Waals surface area (Å²) in [6, 6.07) is 13.9. The maximum absolute atomic E-state index is 14.2. The van der Waals surface area contributed by atoms with Crippen LogP contribution in [0.4, 0.5) is 25.1 Å². The molecule has 4 aromatic rings. The highest BCUT2D eigenvalue weighted by molar-refractivity contribution is 5.88. The molecule has 0 saturated carbocycles. The number of hydrogen-bond donors (Lipinski definition) is 1. The fourth-order valence-electron chi connectivity index (χ4n) is 2.79. The van der Waals surface area contributed by atoms with Crippen LogP contribution in [0.15, 0.2) is 60.8 Å². The minimum Gasteiger partial charge on any atom is -0.408 e. The van der Waals surface area contributed by atoms with Gasteiger partial charge in [-0.05, 0) is 40.8 Å². The molecule has 0 aliphatic heterocycles. The standard InChI is InChI=1S/C20H15F2N7O2/c1-28(12-6-3-2-4-7-12)20(30)31-13-10-14(18(23)24-11-13)19-25-26-27-29(19)16-9-5-8-15(21)17(16)22/h2-11H,1H3,(H2,23,24). The molecule has 2 heterocycles. The third kappa shape index (κ3) is 3.88. The third-order valence-corrected chi connectivity index (χ3v) is 4.39. The lowest BCUT2D eigenvalue weighted by molar-refractivity contribution is 0.209. The second-order valence-electron chi connectivity index (χ2n) is 6.35. The van der Waals surface area contributed by atoms with Crippen LogP contribution in [0.25, 0.3) is 17.1 Å². The van der Waals surface area contributed by atoms with Gasteiger partial charge >= 0.3 is 6.09 Å². The average molecular weight is 423 g/mol. The smallest absolute Gasteiger partial charge is 0.408 e. The minimum absolute atomic E-state index is 0.00377. The summed E-state index contributed by atoms with van der Waals surface area (Å²) in [5, 5.41) is 11.1. The Morgan fingerprint density at radius 3 is 2.68 bits per heavy atom. The van der Waals surface area contributed by atoms with Gasteiger partial charge in [-0.3, -0.25) is 4.90 Å². The summed E-state index contributed by atoms with van der Waals surface area (Å²) < 4.78 is 34.3. The first-order valence-corrected chi connectivity index (χ1v) is 8.95. The molecule has 0 atom stereocenters. The van der Waals surface area contributed by atoms with Crippen molar-refractivity contribution < 1.29 is 18.3 Å². The van der Waals surface area contributed by atoms with E-state index in [1.54, 1.807) is 31.3 Å². The Morgan fingerprint density at radius 2 is 1.90 bits per heavy atom. The maximum atomic E-state index is 14.2. The SMILES string of the molecule is CN(C(=O)Oc1cnc(N)c(-c2nnnn2-c2cccc(F)c2F)c1)c1ccccc1. The molecule has 2 aromatic heterocycles. The molecule has 0 spiro atoms. The number of anilines is 2.